The SMILES string of the molecule is COc1ccc(O)c(CN(C)CC(C)(C)O)c1. The maximum Gasteiger partial charge on any atom is 0.120 e. The minimum atomic E-state index is -0.747. The molecule has 0 spiro atoms. The molecular weight excluding hydrogens is 218 g/mol. The average molecular weight is 239 g/mol. The van der Waals surface area contributed by atoms with E-state index < -0.39 is 5.60 Å². The number of likely N-dealkylation sites (N-methyl/N-ethyl adjacent to an activating group) is 1. The quantitative estimate of drug-likeness (QED) is 0.819. The van der Waals surface area contributed by atoms with Crippen molar-refractivity contribution >= 4 is 0 Å². The third-order valence-electron chi connectivity index (χ3n) is 2.38. The molecule has 0 bridgehead atoms. The Morgan fingerprint density at radius 3 is 2.53 bits per heavy atom. The van der Waals surface area contributed by atoms with Crippen LogP contribution in [-0.4, -0.2) is 41.4 Å². The largest absolute Gasteiger partial charge is 0.508 e. The number of methoxy groups -OCH3 is 1. The number of hydrogen-bond donors (Lipinski definition) is 2. The van der Waals surface area contributed by atoms with Crippen LogP contribution in [-0.2, 0) is 6.54 Å². The summed E-state index contributed by atoms with van der Waals surface area (Å²) in [6.45, 7) is 4.61. The van der Waals surface area contributed by atoms with Gasteiger partial charge in [0.2, 0.25) is 0 Å². The van der Waals surface area contributed by atoms with E-state index in [1.807, 2.05) is 11.9 Å². The number of nitrogens with zero attached hydrogens (tertiary/aromatic N) is 1. The van der Waals surface area contributed by atoms with Crippen LogP contribution in [0.5, 0.6) is 11.5 Å². The highest BCUT2D eigenvalue weighted by atomic mass is 16.5. The zero-order chi connectivity index (χ0) is 13.1. The highest BCUT2D eigenvalue weighted by Crippen LogP contribution is 2.24. The first-order valence-corrected chi connectivity index (χ1v) is 5.58. The summed E-state index contributed by atoms with van der Waals surface area (Å²) >= 11 is 0. The lowest BCUT2D eigenvalue weighted by Crippen LogP contribution is -2.35. The van der Waals surface area contributed by atoms with Gasteiger partial charge < -0.3 is 14.9 Å². The van der Waals surface area contributed by atoms with Crippen LogP contribution >= 0.6 is 0 Å². The second-order valence-electron chi connectivity index (χ2n) is 4.98. The molecule has 0 aliphatic rings. The van der Waals surface area contributed by atoms with Crippen LogP contribution in [0.1, 0.15) is 19.4 Å². The maximum absolute atomic E-state index is 9.73. The van der Waals surface area contributed by atoms with Crippen molar-refractivity contribution in [2.45, 2.75) is 26.0 Å². The molecule has 1 aromatic carbocycles. The van der Waals surface area contributed by atoms with Gasteiger partial charge in [-0.3, -0.25) is 4.90 Å². The summed E-state index contributed by atoms with van der Waals surface area (Å²) < 4.78 is 5.11. The van der Waals surface area contributed by atoms with Gasteiger partial charge >= 0.3 is 0 Å². The lowest BCUT2D eigenvalue weighted by atomic mass is 10.1. The van der Waals surface area contributed by atoms with Gasteiger partial charge in [-0.25, -0.2) is 0 Å². The fraction of sp³-hybridized carbons (Fsp3) is 0.538. The Morgan fingerprint density at radius 2 is 2.00 bits per heavy atom. The molecule has 0 radical (unpaired) electrons. The molecule has 2 N–H and O–H groups in total. The molecule has 0 unspecified atom stereocenters. The molecule has 0 heterocycles. The summed E-state index contributed by atoms with van der Waals surface area (Å²) in [7, 11) is 3.49. The summed E-state index contributed by atoms with van der Waals surface area (Å²) in [5.74, 6) is 0.961. The Bertz CT molecular complexity index is 371. The summed E-state index contributed by atoms with van der Waals surface area (Å²) in [6, 6.07) is 5.14. The summed E-state index contributed by atoms with van der Waals surface area (Å²) in [6.07, 6.45) is 0. The smallest absolute Gasteiger partial charge is 0.120 e. The second kappa shape index (κ2) is 5.38. The van der Waals surface area contributed by atoms with Crippen LogP contribution < -0.4 is 4.74 Å². The van der Waals surface area contributed by atoms with Crippen molar-refractivity contribution in [3.05, 3.63) is 23.8 Å². The van der Waals surface area contributed by atoms with Crippen molar-refractivity contribution < 1.29 is 14.9 Å². The molecule has 96 valence electrons. The third-order valence-corrected chi connectivity index (χ3v) is 2.38. The summed E-state index contributed by atoms with van der Waals surface area (Å²) in [4.78, 5) is 1.95. The average Bonchev–Trinajstić information content (AvgIpc) is 2.18. The molecule has 1 rings (SSSR count). The highest BCUT2D eigenvalue weighted by Gasteiger charge is 2.16. The normalized spacial score (nSPS) is 11.9. The van der Waals surface area contributed by atoms with E-state index in [2.05, 4.69) is 0 Å². The van der Waals surface area contributed by atoms with Gasteiger partial charge in [-0.2, -0.15) is 0 Å². The second-order valence-corrected chi connectivity index (χ2v) is 4.98. The lowest BCUT2D eigenvalue weighted by Gasteiger charge is -2.25. The molecule has 0 amide bonds. The van der Waals surface area contributed by atoms with Gasteiger partial charge in [0, 0.05) is 18.7 Å². The molecule has 17 heavy (non-hydrogen) atoms. The van der Waals surface area contributed by atoms with E-state index in [-0.39, 0.29) is 5.75 Å². The minimum Gasteiger partial charge on any atom is -0.508 e. The third kappa shape index (κ3) is 4.63. The fourth-order valence-corrected chi connectivity index (χ4v) is 1.82. The van der Waals surface area contributed by atoms with E-state index in [1.165, 1.54) is 0 Å². The van der Waals surface area contributed by atoms with Crippen LogP contribution in [0.2, 0.25) is 0 Å². The van der Waals surface area contributed by atoms with Crippen molar-refractivity contribution in [1.82, 2.24) is 4.90 Å². The number of phenolic OH excluding ortho intramolecular Hbond substituents is 1. The molecule has 4 heteroatoms. The standard InChI is InChI=1S/C13H21NO3/c1-13(2,16)9-14(3)8-10-7-11(17-4)5-6-12(10)15/h5-7,15-16H,8-9H2,1-4H3. The van der Waals surface area contributed by atoms with Crippen LogP contribution in [0, 0.1) is 0 Å². The predicted octanol–water partition coefficient (Wildman–Crippen LogP) is 1.60. The van der Waals surface area contributed by atoms with Gasteiger partial charge in [0.15, 0.2) is 0 Å². The molecule has 0 aliphatic heterocycles. The van der Waals surface area contributed by atoms with Crippen LogP contribution in [0.15, 0.2) is 18.2 Å². The monoisotopic (exact) mass is 239 g/mol. The van der Waals surface area contributed by atoms with Gasteiger partial charge in [0.05, 0.1) is 12.7 Å². The Kier molecular flexibility index (Phi) is 4.37. The number of benzene rings is 1. The molecule has 0 aliphatic carbocycles. The number of aromatic hydroxyl groups is 1. The first-order valence-electron chi connectivity index (χ1n) is 5.58. The first kappa shape index (κ1) is 13.8. The molecule has 0 aromatic heterocycles. The molecule has 0 fully saturated rings. The number of aliphatic hydroxyl groups is 1. The molecule has 4 nitrogen and oxygen atoms in total. The van der Waals surface area contributed by atoms with Crippen molar-refractivity contribution in [3.8, 4) is 11.5 Å². The zero-order valence-corrected chi connectivity index (χ0v) is 10.9. The fourth-order valence-electron chi connectivity index (χ4n) is 1.82. The van der Waals surface area contributed by atoms with E-state index >= 15 is 0 Å². The van der Waals surface area contributed by atoms with Gasteiger partial charge in [-0.05, 0) is 39.1 Å². The van der Waals surface area contributed by atoms with E-state index in [4.69, 9.17) is 4.74 Å². The Balaban J connectivity index is 2.73. The molecule has 0 saturated carbocycles. The van der Waals surface area contributed by atoms with E-state index in [0.717, 1.165) is 11.3 Å². The van der Waals surface area contributed by atoms with Crippen LogP contribution in [0.4, 0.5) is 0 Å². The van der Waals surface area contributed by atoms with Gasteiger partial charge in [-0.15, -0.1) is 0 Å². The topological polar surface area (TPSA) is 52.9 Å². The number of rotatable bonds is 5. The van der Waals surface area contributed by atoms with Crippen molar-refractivity contribution in [2.75, 3.05) is 20.7 Å². The summed E-state index contributed by atoms with van der Waals surface area (Å²) in [5, 5.41) is 19.4. The van der Waals surface area contributed by atoms with E-state index in [0.29, 0.717) is 13.1 Å². The molecule has 0 saturated heterocycles. The number of hydrogen-bond acceptors (Lipinski definition) is 4. The molecular formula is C13H21NO3. The van der Waals surface area contributed by atoms with Crippen molar-refractivity contribution in [1.29, 1.82) is 0 Å². The van der Waals surface area contributed by atoms with E-state index in [1.54, 1.807) is 39.2 Å². The van der Waals surface area contributed by atoms with Crippen LogP contribution in [0.25, 0.3) is 0 Å². The first-order chi connectivity index (χ1) is 7.81. The minimum absolute atomic E-state index is 0.244. The van der Waals surface area contributed by atoms with Gasteiger partial charge in [0.25, 0.3) is 0 Å². The lowest BCUT2D eigenvalue weighted by molar-refractivity contribution is 0.0422. The maximum atomic E-state index is 9.73. The van der Waals surface area contributed by atoms with Crippen molar-refractivity contribution in [3.63, 3.8) is 0 Å². The van der Waals surface area contributed by atoms with Crippen molar-refractivity contribution in [2.24, 2.45) is 0 Å². The molecule has 1 aromatic rings. The van der Waals surface area contributed by atoms with E-state index in [9.17, 15) is 10.2 Å². The Hall–Kier alpha value is -1.26. The number of phenols is 1. The Morgan fingerprint density at radius 1 is 1.35 bits per heavy atom. The zero-order valence-electron chi connectivity index (χ0n) is 10.9. The van der Waals surface area contributed by atoms with Crippen LogP contribution in [0.3, 0.4) is 0 Å². The summed E-state index contributed by atoms with van der Waals surface area (Å²) in [5.41, 5.74) is 0.0413. The number of ether oxygens (including phenoxy) is 1. The predicted molar refractivity (Wildman–Crippen MR) is 67.3 cm³/mol. The van der Waals surface area contributed by atoms with Gasteiger partial charge in [-0.1, -0.05) is 0 Å². The van der Waals surface area contributed by atoms with Gasteiger partial charge in [0.1, 0.15) is 11.5 Å². The molecule has 0 atom stereocenters. The Labute approximate surface area is 102 Å². The highest BCUT2D eigenvalue weighted by molar-refractivity contribution is 5.39.